The third-order valence-corrected chi connectivity index (χ3v) is 2.34. The van der Waals surface area contributed by atoms with E-state index < -0.39 is 0 Å². The molecule has 0 atom stereocenters. The van der Waals surface area contributed by atoms with Gasteiger partial charge >= 0.3 is 0 Å². The van der Waals surface area contributed by atoms with Crippen LogP contribution in [0.3, 0.4) is 0 Å². The fourth-order valence-electron chi connectivity index (χ4n) is 1.66. The fourth-order valence-corrected chi connectivity index (χ4v) is 1.66. The van der Waals surface area contributed by atoms with Gasteiger partial charge < -0.3 is 0 Å². The monoisotopic (exact) mass is 150 g/mol. The van der Waals surface area contributed by atoms with Crippen molar-refractivity contribution in [2.45, 2.75) is 39.0 Å². The molecule has 0 aromatic carbocycles. The van der Waals surface area contributed by atoms with Crippen LogP contribution in [0.15, 0.2) is 24.3 Å². The molecule has 0 spiro atoms. The molecule has 0 aromatic heterocycles. The van der Waals surface area contributed by atoms with Crippen molar-refractivity contribution in [3.05, 3.63) is 24.3 Å². The maximum absolute atomic E-state index is 2.36. The first-order valence-corrected chi connectivity index (χ1v) is 4.73. The van der Waals surface area contributed by atoms with E-state index in [0.717, 1.165) is 5.92 Å². The molecule has 1 saturated carbocycles. The molecule has 1 fully saturated rings. The Morgan fingerprint density at radius 1 is 1.00 bits per heavy atom. The Bertz CT molecular complexity index is 136. The second-order valence-corrected chi connectivity index (χ2v) is 3.31. The Hall–Kier alpha value is -0.520. The highest BCUT2D eigenvalue weighted by Crippen LogP contribution is 2.24. The summed E-state index contributed by atoms with van der Waals surface area (Å²) >= 11 is 0. The van der Waals surface area contributed by atoms with Crippen molar-refractivity contribution in [2.75, 3.05) is 0 Å². The minimum atomic E-state index is 0.875. The normalized spacial score (nSPS) is 21.9. The lowest BCUT2D eigenvalue weighted by atomic mass is 9.89. The van der Waals surface area contributed by atoms with E-state index in [1.807, 2.05) is 0 Å². The first-order valence-electron chi connectivity index (χ1n) is 4.73. The molecule has 1 rings (SSSR count). The zero-order valence-electron chi connectivity index (χ0n) is 7.42. The van der Waals surface area contributed by atoms with Crippen molar-refractivity contribution in [2.24, 2.45) is 5.92 Å². The van der Waals surface area contributed by atoms with Crippen molar-refractivity contribution in [3.63, 3.8) is 0 Å². The maximum atomic E-state index is 2.36. The summed E-state index contributed by atoms with van der Waals surface area (Å²) in [4.78, 5) is 0. The number of allylic oxidation sites excluding steroid dienone is 4. The Morgan fingerprint density at radius 3 is 2.36 bits per heavy atom. The summed E-state index contributed by atoms with van der Waals surface area (Å²) in [6.07, 6.45) is 15.9. The third-order valence-electron chi connectivity index (χ3n) is 2.34. The molecule has 0 aliphatic heterocycles. The molecule has 0 unspecified atom stereocenters. The molecule has 1 aliphatic rings. The van der Waals surface area contributed by atoms with Crippen LogP contribution >= 0.6 is 0 Å². The predicted octanol–water partition coefficient (Wildman–Crippen LogP) is 3.70. The standard InChI is InChI=1S/C11H18/c1-2-3-5-8-11-9-6-4-7-10-11/h2-3,5,8,11H,4,6-7,9-10H2,1H3. The van der Waals surface area contributed by atoms with Crippen LogP contribution in [0.4, 0.5) is 0 Å². The van der Waals surface area contributed by atoms with Gasteiger partial charge in [0.1, 0.15) is 0 Å². The van der Waals surface area contributed by atoms with Gasteiger partial charge in [-0.05, 0) is 25.7 Å². The molecule has 0 bridgehead atoms. The summed E-state index contributed by atoms with van der Waals surface area (Å²) in [6, 6.07) is 0. The van der Waals surface area contributed by atoms with Crippen LogP contribution in [-0.2, 0) is 0 Å². The summed E-state index contributed by atoms with van der Waals surface area (Å²) in [5.74, 6) is 0.875. The molecule has 0 N–H and O–H groups in total. The first kappa shape index (κ1) is 8.58. The second-order valence-electron chi connectivity index (χ2n) is 3.31. The van der Waals surface area contributed by atoms with Crippen LogP contribution in [0, 0.1) is 5.92 Å². The average Bonchev–Trinajstić information content (AvgIpc) is 2.07. The van der Waals surface area contributed by atoms with E-state index in [4.69, 9.17) is 0 Å². The van der Waals surface area contributed by atoms with E-state index in [9.17, 15) is 0 Å². The van der Waals surface area contributed by atoms with Crippen molar-refractivity contribution in [3.8, 4) is 0 Å². The van der Waals surface area contributed by atoms with E-state index in [1.165, 1.54) is 32.1 Å². The highest BCUT2D eigenvalue weighted by molar-refractivity contribution is 5.03. The van der Waals surface area contributed by atoms with Crippen molar-refractivity contribution < 1.29 is 0 Å². The van der Waals surface area contributed by atoms with Gasteiger partial charge in [0.25, 0.3) is 0 Å². The third kappa shape index (κ3) is 3.41. The molecule has 62 valence electrons. The quantitative estimate of drug-likeness (QED) is 0.526. The lowest BCUT2D eigenvalue weighted by Crippen LogP contribution is -2.02. The molecule has 0 amide bonds. The van der Waals surface area contributed by atoms with Gasteiger partial charge in [-0.25, -0.2) is 0 Å². The van der Waals surface area contributed by atoms with Gasteiger partial charge in [0.05, 0.1) is 0 Å². The Labute approximate surface area is 70.0 Å². The zero-order chi connectivity index (χ0) is 7.94. The average molecular weight is 150 g/mol. The molecule has 1 aliphatic carbocycles. The molecular weight excluding hydrogens is 132 g/mol. The zero-order valence-corrected chi connectivity index (χ0v) is 7.42. The smallest absolute Gasteiger partial charge is 0.0230 e. The molecule has 0 heteroatoms. The fraction of sp³-hybridized carbons (Fsp3) is 0.636. The molecule has 0 heterocycles. The van der Waals surface area contributed by atoms with Gasteiger partial charge in [-0.3, -0.25) is 0 Å². The SMILES string of the molecule is CC=CC=CC1CCCCC1. The van der Waals surface area contributed by atoms with Crippen LogP contribution in [0.25, 0.3) is 0 Å². The summed E-state index contributed by atoms with van der Waals surface area (Å²) in [5.41, 5.74) is 0. The molecule has 0 aromatic rings. The van der Waals surface area contributed by atoms with Crippen LogP contribution in [0.5, 0.6) is 0 Å². The van der Waals surface area contributed by atoms with Crippen molar-refractivity contribution in [1.82, 2.24) is 0 Å². The molecular formula is C11H18. The molecule has 0 saturated heterocycles. The van der Waals surface area contributed by atoms with Gasteiger partial charge in [0.2, 0.25) is 0 Å². The predicted molar refractivity (Wildman–Crippen MR) is 50.5 cm³/mol. The molecule has 0 nitrogen and oxygen atoms in total. The topological polar surface area (TPSA) is 0 Å². The minimum absolute atomic E-state index is 0.875. The molecule has 11 heavy (non-hydrogen) atoms. The van der Waals surface area contributed by atoms with E-state index in [-0.39, 0.29) is 0 Å². The largest absolute Gasteiger partial charge is 0.0877 e. The van der Waals surface area contributed by atoms with Gasteiger partial charge in [0, 0.05) is 0 Å². The van der Waals surface area contributed by atoms with Crippen LogP contribution in [0.2, 0.25) is 0 Å². The Balaban J connectivity index is 2.23. The van der Waals surface area contributed by atoms with Gasteiger partial charge in [-0.15, -0.1) is 0 Å². The van der Waals surface area contributed by atoms with Crippen LogP contribution < -0.4 is 0 Å². The van der Waals surface area contributed by atoms with Crippen molar-refractivity contribution >= 4 is 0 Å². The number of hydrogen-bond donors (Lipinski definition) is 0. The maximum Gasteiger partial charge on any atom is -0.0230 e. The van der Waals surface area contributed by atoms with E-state index in [0.29, 0.717) is 0 Å². The summed E-state index contributed by atoms with van der Waals surface area (Å²) in [7, 11) is 0. The summed E-state index contributed by atoms with van der Waals surface area (Å²) in [6.45, 7) is 2.06. The number of hydrogen-bond acceptors (Lipinski definition) is 0. The van der Waals surface area contributed by atoms with E-state index >= 15 is 0 Å². The lowest BCUT2D eigenvalue weighted by Gasteiger charge is -2.17. The summed E-state index contributed by atoms with van der Waals surface area (Å²) < 4.78 is 0. The minimum Gasteiger partial charge on any atom is -0.0877 e. The second kappa shape index (κ2) is 5.17. The van der Waals surface area contributed by atoms with Gasteiger partial charge in [-0.1, -0.05) is 43.6 Å². The van der Waals surface area contributed by atoms with Crippen LogP contribution in [0.1, 0.15) is 39.0 Å². The Morgan fingerprint density at radius 2 is 1.73 bits per heavy atom. The van der Waals surface area contributed by atoms with Gasteiger partial charge in [-0.2, -0.15) is 0 Å². The Kier molecular flexibility index (Phi) is 4.03. The number of rotatable bonds is 2. The molecule has 0 radical (unpaired) electrons. The van der Waals surface area contributed by atoms with E-state index in [2.05, 4.69) is 31.2 Å². The highest BCUT2D eigenvalue weighted by Gasteiger charge is 2.08. The lowest BCUT2D eigenvalue weighted by molar-refractivity contribution is 0.419. The van der Waals surface area contributed by atoms with E-state index in [1.54, 1.807) is 0 Å². The van der Waals surface area contributed by atoms with Gasteiger partial charge in [0.15, 0.2) is 0 Å². The van der Waals surface area contributed by atoms with Crippen LogP contribution in [-0.4, -0.2) is 0 Å². The van der Waals surface area contributed by atoms with Crippen molar-refractivity contribution in [1.29, 1.82) is 0 Å². The highest BCUT2D eigenvalue weighted by atomic mass is 14.1. The summed E-state index contributed by atoms with van der Waals surface area (Å²) in [5, 5.41) is 0. The first-order chi connectivity index (χ1) is 5.43.